The van der Waals surface area contributed by atoms with Gasteiger partial charge in [-0.25, -0.2) is 0 Å². The Bertz CT molecular complexity index is 2390. The Morgan fingerprint density at radius 3 is 1.67 bits per heavy atom. The van der Waals surface area contributed by atoms with Crippen LogP contribution in [0.15, 0.2) is 164 Å². The second-order valence-electron chi connectivity index (χ2n) is 14.6. The maximum absolute atomic E-state index is 2.48. The fourth-order valence-electron chi connectivity index (χ4n) is 8.59. The first-order valence-electron chi connectivity index (χ1n) is 17.4. The van der Waals surface area contributed by atoms with Crippen molar-refractivity contribution in [3.63, 3.8) is 0 Å². The zero-order valence-electron chi connectivity index (χ0n) is 28.5. The van der Waals surface area contributed by atoms with E-state index in [0.29, 0.717) is 0 Å². The van der Waals surface area contributed by atoms with Crippen molar-refractivity contribution in [2.24, 2.45) is 0 Å². The molecule has 0 aliphatic heterocycles. The molecule has 0 heterocycles. The van der Waals surface area contributed by atoms with Crippen molar-refractivity contribution >= 4 is 17.1 Å². The van der Waals surface area contributed by atoms with E-state index in [1.807, 2.05) is 0 Å². The number of benzene rings is 7. The molecule has 49 heavy (non-hydrogen) atoms. The molecule has 0 aromatic heterocycles. The number of anilines is 3. The van der Waals surface area contributed by atoms with Crippen molar-refractivity contribution in [3.05, 3.63) is 186 Å². The smallest absolute Gasteiger partial charge is 0.0540 e. The Morgan fingerprint density at radius 1 is 0.347 bits per heavy atom. The minimum Gasteiger partial charge on any atom is -0.310 e. The fourth-order valence-corrected chi connectivity index (χ4v) is 8.59. The van der Waals surface area contributed by atoms with Crippen molar-refractivity contribution < 1.29 is 0 Å². The summed E-state index contributed by atoms with van der Waals surface area (Å²) in [6.45, 7) is 9.45. The predicted octanol–water partition coefficient (Wildman–Crippen LogP) is 13.1. The summed E-state index contributed by atoms with van der Waals surface area (Å²) in [5.41, 5.74) is 19.1. The highest BCUT2D eigenvalue weighted by Gasteiger charge is 2.38. The van der Waals surface area contributed by atoms with E-state index in [1.54, 1.807) is 0 Å². The van der Waals surface area contributed by atoms with Crippen molar-refractivity contribution in [2.75, 3.05) is 4.90 Å². The van der Waals surface area contributed by atoms with Crippen molar-refractivity contribution in [1.29, 1.82) is 0 Å². The van der Waals surface area contributed by atoms with Crippen LogP contribution in [0, 0.1) is 0 Å². The van der Waals surface area contributed by atoms with E-state index in [0.717, 1.165) is 17.1 Å². The van der Waals surface area contributed by atoms with Gasteiger partial charge in [0.25, 0.3) is 0 Å². The van der Waals surface area contributed by atoms with Gasteiger partial charge in [-0.3, -0.25) is 0 Å². The maximum atomic E-state index is 2.48. The van der Waals surface area contributed by atoms with Gasteiger partial charge in [-0.15, -0.1) is 0 Å². The SMILES string of the molecule is CC1(C)c2ccccc2-c2ccc(N(c3cccc(-c4ccccc4)c3)c3ccccc3-c3cccc4c3-c3ccccc3C4(C)C)cc21. The summed E-state index contributed by atoms with van der Waals surface area (Å²) in [6, 6.07) is 60.5. The van der Waals surface area contributed by atoms with E-state index in [4.69, 9.17) is 0 Å². The topological polar surface area (TPSA) is 3.24 Å². The van der Waals surface area contributed by atoms with Gasteiger partial charge in [-0.05, 0) is 91.5 Å². The van der Waals surface area contributed by atoms with Gasteiger partial charge in [0, 0.05) is 27.8 Å². The van der Waals surface area contributed by atoms with Gasteiger partial charge in [-0.2, -0.15) is 0 Å². The summed E-state index contributed by atoms with van der Waals surface area (Å²) in [7, 11) is 0. The number of nitrogens with zero attached hydrogens (tertiary/aromatic N) is 1. The number of fused-ring (bicyclic) bond motifs is 6. The zero-order chi connectivity index (χ0) is 33.3. The highest BCUT2D eigenvalue weighted by molar-refractivity contribution is 5.98. The van der Waals surface area contributed by atoms with E-state index < -0.39 is 0 Å². The number of rotatable bonds is 5. The molecule has 0 bridgehead atoms. The Balaban J connectivity index is 1.29. The second kappa shape index (κ2) is 10.9. The first-order chi connectivity index (χ1) is 23.8. The molecule has 0 saturated heterocycles. The Labute approximate surface area is 290 Å². The normalized spacial score (nSPS) is 14.4. The molecule has 1 heteroatoms. The molecule has 2 aliphatic rings. The first-order valence-corrected chi connectivity index (χ1v) is 17.4. The van der Waals surface area contributed by atoms with E-state index in [1.165, 1.54) is 66.8 Å². The molecule has 0 spiro atoms. The third kappa shape index (κ3) is 4.46. The van der Waals surface area contributed by atoms with Gasteiger partial charge in [0.05, 0.1) is 5.69 Å². The van der Waals surface area contributed by atoms with E-state index >= 15 is 0 Å². The summed E-state index contributed by atoms with van der Waals surface area (Å²) in [5.74, 6) is 0. The van der Waals surface area contributed by atoms with E-state index in [9.17, 15) is 0 Å². The van der Waals surface area contributed by atoms with Crippen LogP contribution in [0.2, 0.25) is 0 Å². The standard InChI is InChI=1S/C48H39N/c1-47(2)42-25-12-9-22-40(42)46-39(23-15-26-43(46)47)38-21-10-13-27-45(38)49(34-19-14-18-33(30-34)32-16-6-5-7-17-32)35-28-29-37-36-20-8-11-24-41(36)48(3,4)44(37)31-35/h5-31H,1-4H3. The van der Waals surface area contributed by atoms with Gasteiger partial charge < -0.3 is 4.90 Å². The zero-order valence-corrected chi connectivity index (χ0v) is 28.5. The summed E-state index contributed by atoms with van der Waals surface area (Å²) < 4.78 is 0. The lowest BCUT2D eigenvalue weighted by Gasteiger charge is -2.30. The van der Waals surface area contributed by atoms with Crippen LogP contribution in [0.5, 0.6) is 0 Å². The van der Waals surface area contributed by atoms with Crippen molar-refractivity contribution in [1.82, 2.24) is 0 Å². The van der Waals surface area contributed by atoms with E-state index in [-0.39, 0.29) is 10.8 Å². The average molecular weight is 630 g/mol. The lowest BCUT2D eigenvalue weighted by Crippen LogP contribution is -2.17. The number of para-hydroxylation sites is 1. The molecule has 0 atom stereocenters. The van der Waals surface area contributed by atoms with Crippen LogP contribution in [0.4, 0.5) is 17.1 Å². The molecular formula is C48H39N. The van der Waals surface area contributed by atoms with Crippen LogP contribution in [0.3, 0.4) is 0 Å². The minimum absolute atomic E-state index is 0.0683. The fraction of sp³-hybridized carbons (Fsp3) is 0.125. The van der Waals surface area contributed by atoms with Gasteiger partial charge in [0.2, 0.25) is 0 Å². The summed E-state index contributed by atoms with van der Waals surface area (Å²) in [4.78, 5) is 2.48. The molecule has 0 fully saturated rings. The largest absolute Gasteiger partial charge is 0.310 e. The van der Waals surface area contributed by atoms with Gasteiger partial charge in [0.15, 0.2) is 0 Å². The Kier molecular flexibility index (Phi) is 6.58. The van der Waals surface area contributed by atoms with Gasteiger partial charge in [-0.1, -0.05) is 161 Å². The number of hydrogen-bond donors (Lipinski definition) is 0. The van der Waals surface area contributed by atoms with Crippen LogP contribution >= 0.6 is 0 Å². The maximum Gasteiger partial charge on any atom is 0.0540 e. The molecule has 0 radical (unpaired) electrons. The summed E-state index contributed by atoms with van der Waals surface area (Å²) in [6.07, 6.45) is 0. The second-order valence-corrected chi connectivity index (χ2v) is 14.6. The molecule has 0 amide bonds. The van der Waals surface area contributed by atoms with Crippen molar-refractivity contribution in [3.8, 4) is 44.5 Å². The molecule has 7 aromatic carbocycles. The molecule has 0 N–H and O–H groups in total. The van der Waals surface area contributed by atoms with Crippen LogP contribution in [-0.2, 0) is 10.8 Å². The highest BCUT2D eigenvalue weighted by Crippen LogP contribution is 2.55. The predicted molar refractivity (Wildman–Crippen MR) is 207 cm³/mol. The van der Waals surface area contributed by atoms with Crippen LogP contribution in [-0.4, -0.2) is 0 Å². The Morgan fingerprint density at radius 2 is 0.878 bits per heavy atom. The van der Waals surface area contributed by atoms with Crippen molar-refractivity contribution in [2.45, 2.75) is 38.5 Å². The molecule has 9 rings (SSSR count). The Hall–Kier alpha value is -5.66. The number of hydrogen-bond acceptors (Lipinski definition) is 1. The molecule has 0 unspecified atom stereocenters. The monoisotopic (exact) mass is 629 g/mol. The van der Waals surface area contributed by atoms with Crippen LogP contribution < -0.4 is 4.90 Å². The quantitative estimate of drug-likeness (QED) is 0.183. The lowest BCUT2D eigenvalue weighted by molar-refractivity contribution is 0.660. The van der Waals surface area contributed by atoms with Crippen LogP contribution in [0.25, 0.3) is 44.5 Å². The molecule has 1 nitrogen and oxygen atoms in total. The average Bonchev–Trinajstić information content (AvgIpc) is 3.52. The lowest BCUT2D eigenvalue weighted by atomic mass is 9.82. The molecule has 7 aromatic rings. The molecule has 2 aliphatic carbocycles. The van der Waals surface area contributed by atoms with E-state index in [2.05, 4.69) is 196 Å². The molecular weight excluding hydrogens is 591 g/mol. The summed E-state index contributed by atoms with van der Waals surface area (Å²) >= 11 is 0. The van der Waals surface area contributed by atoms with Gasteiger partial charge >= 0.3 is 0 Å². The summed E-state index contributed by atoms with van der Waals surface area (Å²) in [5, 5.41) is 0. The highest BCUT2D eigenvalue weighted by atomic mass is 15.1. The van der Waals surface area contributed by atoms with Crippen LogP contribution in [0.1, 0.15) is 49.9 Å². The minimum atomic E-state index is -0.103. The molecule has 236 valence electrons. The third-order valence-electron chi connectivity index (χ3n) is 11.1. The third-order valence-corrected chi connectivity index (χ3v) is 11.1. The first kappa shape index (κ1) is 29.5. The van der Waals surface area contributed by atoms with Gasteiger partial charge in [0.1, 0.15) is 0 Å². The molecule has 0 saturated carbocycles.